The summed E-state index contributed by atoms with van der Waals surface area (Å²) < 4.78 is 0. The minimum absolute atomic E-state index is 0.0410. The van der Waals surface area contributed by atoms with Crippen LogP contribution in [0.5, 0.6) is 0 Å². The number of hydrogen-bond acceptors (Lipinski definition) is 4. The molecule has 8 heteroatoms. The number of carbonyl (C=O) groups is 2. The van der Waals surface area contributed by atoms with E-state index in [1.165, 1.54) is 0 Å². The predicted molar refractivity (Wildman–Crippen MR) is 101 cm³/mol. The molecule has 138 valence electrons. The van der Waals surface area contributed by atoms with Gasteiger partial charge in [-0.15, -0.1) is 0 Å². The number of amides is 3. The molecule has 0 radical (unpaired) electrons. The monoisotopic (exact) mass is 364 g/mol. The van der Waals surface area contributed by atoms with E-state index in [4.69, 9.17) is 0 Å². The number of pyridine rings is 1. The van der Waals surface area contributed by atoms with Crippen LogP contribution in [0.25, 0.3) is 11.0 Å². The molecule has 1 aliphatic rings. The summed E-state index contributed by atoms with van der Waals surface area (Å²) in [7, 11) is 3.46. The number of aromatic amines is 1. The van der Waals surface area contributed by atoms with Crippen LogP contribution >= 0.6 is 0 Å². The van der Waals surface area contributed by atoms with E-state index in [9.17, 15) is 9.59 Å². The number of hydrogen-bond donors (Lipinski definition) is 2. The molecule has 3 aromatic rings. The normalized spacial score (nSPS) is 13.3. The molecule has 0 saturated carbocycles. The van der Waals surface area contributed by atoms with Crippen molar-refractivity contribution in [2.45, 2.75) is 13.0 Å². The average Bonchev–Trinajstić information content (AvgIpc) is 3.16. The third kappa shape index (κ3) is 3.10. The number of nitrogens with one attached hydrogen (secondary N) is 2. The highest BCUT2D eigenvalue weighted by Crippen LogP contribution is 2.25. The van der Waals surface area contributed by atoms with Gasteiger partial charge in [0.05, 0.1) is 23.1 Å². The quantitative estimate of drug-likeness (QED) is 0.729. The number of benzene rings is 1. The van der Waals surface area contributed by atoms with Gasteiger partial charge in [0.25, 0.3) is 5.91 Å². The molecular weight excluding hydrogens is 344 g/mol. The molecule has 0 spiro atoms. The van der Waals surface area contributed by atoms with Crippen molar-refractivity contribution in [2.75, 3.05) is 26.0 Å². The zero-order chi connectivity index (χ0) is 19.0. The number of nitrogens with zero attached hydrogens (tertiary/aromatic N) is 4. The van der Waals surface area contributed by atoms with Crippen molar-refractivity contribution in [2.24, 2.45) is 0 Å². The van der Waals surface area contributed by atoms with E-state index in [1.807, 2.05) is 18.2 Å². The largest absolute Gasteiger partial charge is 0.345 e. The second kappa shape index (κ2) is 6.71. The van der Waals surface area contributed by atoms with Gasteiger partial charge in [-0.25, -0.2) is 9.78 Å². The Kier molecular flexibility index (Phi) is 4.23. The lowest BCUT2D eigenvalue weighted by Gasteiger charge is -2.31. The number of carbonyl (C=O) groups excluding carboxylic acids is 2. The number of para-hydroxylation sites is 1. The van der Waals surface area contributed by atoms with Crippen molar-refractivity contribution in [3.8, 4) is 0 Å². The Morgan fingerprint density at radius 3 is 2.93 bits per heavy atom. The first-order valence-corrected chi connectivity index (χ1v) is 8.70. The van der Waals surface area contributed by atoms with Crippen LogP contribution in [0.3, 0.4) is 0 Å². The van der Waals surface area contributed by atoms with Crippen LogP contribution in [-0.2, 0) is 13.0 Å². The maximum Gasteiger partial charge on any atom is 0.319 e. The Balaban J connectivity index is 1.60. The highest BCUT2D eigenvalue weighted by Gasteiger charge is 2.25. The minimum Gasteiger partial charge on any atom is -0.345 e. The van der Waals surface area contributed by atoms with Gasteiger partial charge in [0.15, 0.2) is 0 Å². The molecule has 0 aliphatic carbocycles. The fourth-order valence-electron chi connectivity index (χ4n) is 3.39. The third-order valence-electron chi connectivity index (χ3n) is 4.74. The molecule has 3 heterocycles. The molecule has 3 amide bonds. The molecule has 0 unspecified atom stereocenters. The van der Waals surface area contributed by atoms with Gasteiger partial charge in [-0.1, -0.05) is 6.07 Å². The first-order chi connectivity index (χ1) is 13.0. The van der Waals surface area contributed by atoms with Crippen molar-refractivity contribution < 1.29 is 9.59 Å². The highest BCUT2D eigenvalue weighted by atomic mass is 16.2. The lowest BCUT2D eigenvalue weighted by atomic mass is 9.96. The van der Waals surface area contributed by atoms with E-state index >= 15 is 0 Å². The van der Waals surface area contributed by atoms with Crippen molar-refractivity contribution in [3.63, 3.8) is 0 Å². The summed E-state index contributed by atoms with van der Waals surface area (Å²) in [6.45, 7) is 1.03. The second-order valence-corrected chi connectivity index (χ2v) is 6.73. The summed E-state index contributed by atoms with van der Waals surface area (Å²) in [6.07, 6.45) is 5.54. The van der Waals surface area contributed by atoms with E-state index in [2.05, 4.69) is 20.3 Å². The van der Waals surface area contributed by atoms with Gasteiger partial charge in [-0.3, -0.25) is 9.78 Å². The van der Waals surface area contributed by atoms with Gasteiger partial charge in [0.1, 0.15) is 5.52 Å². The molecule has 1 aliphatic heterocycles. The first kappa shape index (κ1) is 17.0. The number of imidazole rings is 1. The molecule has 2 N–H and O–H groups in total. The molecule has 0 bridgehead atoms. The Hall–Kier alpha value is -3.42. The molecule has 8 nitrogen and oxygen atoms in total. The molecule has 0 fully saturated rings. The van der Waals surface area contributed by atoms with Crippen molar-refractivity contribution in [1.82, 2.24) is 24.8 Å². The van der Waals surface area contributed by atoms with E-state index in [-0.39, 0.29) is 11.9 Å². The van der Waals surface area contributed by atoms with Gasteiger partial charge in [-0.2, -0.15) is 0 Å². The Morgan fingerprint density at radius 1 is 1.26 bits per heavy atom. The maximum atomic E-state index is 12.9. The standard InChI is InChI=1S/C19H20N6O2/c1-24(2)19(27)25-7-6-13-12(10-25)8-20-9-14(13)18(26)23-16-5-3-4-15-17(16)22-11-21-15/h3-5,8-9,11H,6-7,10H2,1-2H3,(H,21,22)(H,23,26). The topological polar surface area (TPSA) is 94.2 Å². The maximum absolute atomic E-state index is 12.9. The minimum atomic E-state index is -0.220. The van der Waals surface area contributed by atoms with Crippen molar-refractivity contribution in [3.05, 3.63) is 53.6 Å². The number of rotatable bonds is 2. The number of aromatic nitrogens is 3. The molecule has 4 rings (SSSR count). The molecule has 0 atom stereocenters. The second-order valence-electron chi connectivity index (χ2n) is 6.73. The van der Waals surface area contributed by atoms with Gasteiger partial charge < -0.3 is 20.1 Å². The van der Waals surface area contributed by atoms with Crippen LogP contribution in [0.1, 0.15) is 21.5 Å². The summed E-state index contributed by atoms with van der Waals surface area (Å²) in [5.41, 5.74) is 4.61. The zero-order valence-corrected chi connectivity index (χ0v) is 15.2. The summed E-state index contributed by atoms with van der Waals surface area (Å²) in [6, 6.07) is 5.54. The Bertz CT molecular complexity index is 1030. The van der Waals surface area contributed by atoms with Crippen molar-refractivity contribution in [1.29, 1.82) is 0 Å². The van der Waals surface area contributed by atoms with Crippen LogP contribution in [0.15, 0.2) is 36.9 Å². The van der Waals surface area contributed by atoms with E-state index in [0.717, 1.165) is 16.6 Å². The molecule has 0 saturated heterocycles. The first-order valence-electron chi connectivity index (χ1n) is 8.70. The van der Waals surface area contributed by atoms with Crippen LogP contribution in [0, 0.1) is 0 Å². The number of H-pyrrole nitrogens is 1. The SMILES string of the molecule is CN(C)C(=O)N1CCc2c(cncc2C(=O)Nc2cccc3[nH]cnc23)C1. The summed E-state index contributed by atoms with van der Waals surface area (Å²) in [4.78, 5) is 39.9. The Labute approximate surface area is 156 Å². The van der Waals surface area contributed by atoms with E-state index < -0.39 is 0 Å². The van der Waals surface area contributed by atoms with Crippen LogP contribution in [0.4, 0.5) is 10.5 Å². The molecule has 2 aromatic heterocycles. The highest BCUT2D eigenvalue weighted by molar-refractivity contribution is 6.08. The van der Waals surface area contributed by atoms with Gasteiger partial charge in [0, 0.05) is 39.6 Å². The van der Waals surface area contributed by atoms with Gasteiger partial charge >= 0.3 is 6.03 Å². The predicted octanol–water partition coefficient (Wildman–Crippen LogP) is 2.25. The number of urea groups is 1. The van der Waals surface area contributed by atoms with E-state index in [0.29, 0.717) is 36.3 Å². The fourth-order valence-corrected chi connectivity index (χ4v) is 3.39. The third-order valence-corrected chi connectivity index (χ3v) is 4.74. The molecule has 27 heavy (non-hydrogen) atoms. The smallest absolute Gasteiger partial charge is 0.319 e. The summed E-state index contributed by atoms with van der Waals surface area (Å²) in [5.74, 6) is -0.220. The number of fused-ring (bicyclic) bond motifs is 2. The lowest BCUT2D eigenvalue weighted by Crippen LogP contribution is -2.42. The van der Waals surface area contributed by atoms with E-state index in [1.54, 1.807) is 42.6 Å². The molecular formula is C19H20N6O2. The van der Waals surface area contributed by atoms with Crippen molar-refractivity contribution >= 4 is 28.7 Å². The fraction of sp³-hybridized carbons (Fsp3) is 0.263. The zero-order valence-electron chi connectivity index (χ0n) is 15.2. The lowest BCUT2D eigenvalue weighted by molar-refractivity contribution is 0.102. The summed E-state index contributed by atoms with van der Waals surface area (Å²) >= 11 is 0. The number of anilines is 1. The Morgan fingerprint density at radius 2 is 2.11 bits per heavy atom. The van der Waals surface area contributed by atoms with Gasteiger partial charge in [-0.05, 0) is 29.7 Å². The average molecular weight is 364 g/mol. The summed E-state index contributed by atoms with van der Waals surface area (Å²) in [5, 5.41) is 2.94. The van der Waals surface area contributed by atoms with Gasteiger partial charge in [0.2, 0.25) is 0 Å². The van der Waals surface area contributed by atoms with Crippen LogP contribution in [-0.4, -0.2) is 57.3 Å². The van der Waals surface area contributed by atoms with Crippen LogP contribution in [0.2, 0.25) is 0 Å². The molecule has 1 aromatic carbocycles. The van der Waals surface area contributed by atoms with Crippen LogP contribution < -0.4 is 5.32 Å².